The van der Waals surface area contributed by atoms with E-state index in [-0.39, 0.29) is 0 Å². The fraction of sp³-hybridized carbons (Fsp3) is 1.00. The number of likely N-dealkylation sites (N-methyl/N-ethyl adjacent to an activating group) is 2. The lowest BCUT2D eigenvalue weighted by Crippen LogP contribution is -2.48. The molecule has 0 heterocycles. The standard InChI is InChI=1S/C13H26N2/c1-14-12-7-5-3-4-6-8-13(12)15(2)11-9-10-11/h11-14H,3-10H2,1-2H3. The minimum Gasteiger partial charge on any atom is -0.315 e. The molecule has 15 heavy (non-hydrogen) atoms. The van der Waals surface area contributed by atoms with Gasteiger partial charge in [-0.15, -0.1) is 0 Å². The predicted octanol–water partition coefficient (Wildman–Crippen LogP) is 2.39. The molecular weight excluding hydrogens is 184 g/mol. The molecule has 88 valence electrons. The third-order valence-corrected chi connectivity index (χ3v) is 4.25. The molecule has 2 unspecified atom stereocenters. The second-order valence-electron chi connectivity index (χ2n) is 5.35. The van der Waals surface area contributed by atoms with Crippen LogP contribution in [0.1, 0.15) is 51.4 Å². The zero-order valence-corrected chi connectivity index (χ0v) is 10.3. The van der Waals surface area contributed by atoms with Crippen molar-refractivity contribution in [1.29, 1.82) is 0 Å². The van der Waals surface area contributed by atoms with Crippen molar-refractivity contribution < 1.29 is 0 Å². The first kappa shape index (κ1) is 11.4. The number of nitrogens with zero attached hydrogens (tertiary/aromatic N) is 1. The lowest BCUT2D eigenvalue weighted by molar-refractivity contribution is 0.159. The molecule has 0 saturated heterocycles. The molecule has 2 atom stereocenters. The second-order valence-corrected chi connectivity index (χ2v) is 5.35. The van der Waals surface area contributed by atoms with Gasteiger partial charge in [-0.3, -0.25) is 4.90 Å². The maximum atomic E-state index is 3.54. The van der Waals surface area contributed by atoms with Gasteiger partial charge in [0.05, 0.1) is 0 Å². The van der Waals surface area contributed by atoms with Crippen molar-refractivity contribution in [3.63, 3.8) is 0 Å². The largest absolute Gasteiger partial charge is 0.315 e. The van der Waals surface area contributed by atoms with Crippen LogP contribution in [0.3, 0.4) is 0 Å². The molecule has 1 N–H and O–H groups in total. The molecule has 2 saturated carbocycles. The quantitative estimate of drug-likeness (QED) is 0.769. The van der Waals surface area contributed by atoms with Gasteiger partial charge in [-0.25, -0.2) is 0 Å². The first-order valence-corrected chi connectivity index (χ1v) is 6.72. The van der Waals surface area contributed by atoms with Crippen molar-refractivity contribution in [2.75, 3.05) is 14.1 Å². The monoisotopic (exact) mass is 210 g/mol. The molecule has 0 radical (unpaired) electrons. The van der Waals surface area contributed by atoms with Crippen LogP contribution in [-0.2, 0) is 0 Å². The highest BCUT2D eigenvalue weighted by atomic mass is 15.2. The normalized spacial score (nSPS) is 33.8. The summed E-state index contributed by atoms with van der Waals surface area (Å²) in [6, 6.07) is 2.43. The SMILES string of the molecule is CNC1CCCCCCC1N(C)C1CC1. The number of nitrogens with one attached hydrogen (secondary N) is 1. The van der Waals surface area contributed by atoms with Crippen LogP contribution >= 0.6 is 0 Å². The summed E-state index contributed by atoms with van der Waals surface area (Å²) in [6.45, 7) is 0. The molecule has 2 heteroatoms. The molecule has 2 nitrogen and oxygen atoms in total. The van der Waals surface area contributed by atoms with Crippen molar-refractivity contribution in [3.8, 4) is 0 Å². The maximum absolute atomic E-state index is 3.54. The molecule has 0 aliphatic heterocycles. The molecule has 0 amide bonds. The van der Waals surface area contributed by atoms with E-state index in [9.17, 15) is 0 Å². The van der Waals surface area contributed by atoms with Gasteiger partial charge >= 0.3 is 0 Å². The minimum absolute atomic E-state index is 0.732. The lowest BCUT2D eigenvalue weighted by Gasteiger charge is -2.36. The van der Waals surface area contributed by atoms with Gasteiger partial charge in [-0.2, -0.15) is 0 Å². The Morgan fingerprint density at radius 2 is 1.60 bits per heavy atom. The molecule has 2 aliphatic rings. The van der Waals surface area contributed by atoms with E-state index >= 15 is 0 Å². The molecule has 0 aromatic carbocycles. The number of rotatable bonds is 3. The highest BCUT2D eigenvalue weighted by molar-refractivity contribution is 4.92. The van der Waals surface area contributed by atoms with Crippen LogP contribution in [-0.4, -0.2) is 37.1 Å². The third-order valence-electron chi connectivity index (χ3n) is 4.25. The van der Waals surface area contributed by atoms with E-state index in [1.807, 2.05) is 0 Å². The Bertz CT molecular complexity index is 189. The topological polar surface area (TPSA) is 15.3 Å². The van der Waals surface area contributed by atoms with Crippen molar-refractivity contribution in [3.05, 3.63) is 0 Å². The summed E-state index contributed by atoms with van der Waals surface area (Å²) in [6.07, 6.45) is 11.4. The fourth-order valence-corrected chi connectivity index (χ4v) is 3.04. The molecule has 0 aromatic rings. The summed E-state index contributed by atoms with van der Waals surface area (Å²) in [5.41, 5.74) is 0. The van der Waals surface area contributed by atoms with E-state index in [1.165, 1.54) is 51.4 Å². The van der Waals surface area contributed by atoms with Crippen LogP contribution in [0.2, 0.25) is 0 Å². The summed E-state index contributed by atoms with van der Waals surface area (Å²) >= 11 is 0. The van der Waals surface area contributed by atoms with Gasteiger partial charge in [-0.05, 0) is 39.8 Å². The zero-order chi connectivity index (χ0) is 10.7. The van der Waals surface area contributed by atoms with E-state index in [0.29, 0.717) is 0 Å². The Labute approximate surface area is 94.4 Å². The average molecular weight is 210 g/mol. The van der Waals surface area contributed by atoms with Crippen molar-refractivity contribution in [2.24, 2.45) is 0 Å². The minimum atomic E-state index is 0.732. The van der Waals surface area contributed by atoms with Gasteiger partial charge < -0.3 is 5.32 Å². The van der Waals surface area contributed by atoms with E-state index < -0.39 is 0 Å². The third kappa shape index (κ3) is 2.94. The Morgan fingerprint density at radius 1 is 0.933 bits per heavy atom. The first-order valence-electron chi connectivity index (χ1n) is 6.72. The highest BCUT2D eigenvalue weighted by Gasteiger charge is 2.34. The molecular formula is C13H26N2. The van der Waals surface area contributed by atoms with Crippen LogP contribution in [0, 0.1) is 0 Å². The van der Waals surface area contributed by atoms with Gasteiger partial charge in [0.25, 0.3) is 0 Å². The van der Waals surface area contributed by atoms with Crippen molar-refractivity contribution in [1.82, 2.24) is 10.2 Å². The van der Waals surface area contributed by atoms with Gasteiger partial charge in [0, 0.05) is 18.1 Å². The summed E-state index contributed by atoms with van der Waals surface area (Å²) in [7, 11) is 4.48. The average Bonchev–Trinajstić information content (AvgIpc) is 3.00. The smallest absolute Gasteiger partial charge is 0.0249 e. The van der Waals surface area contributed by atoms with E-state index in [1.54, 1.807) is 0 Å². The highest BCUT2D eigenvalue weighted by Crippen LogP contribution is 2.31. The Balaban J connectivity index is 1.94. The van der Waals surface area contributed by atoms with E-state index in [4.69, 9.17) is 0 Å². The van der Waals surface area contributed by atoms with Crippen molar-refractivity contribution >= 4 is 0 Å². The predicted molar refractivity (Wildman–Crippen MR) is 65.1 cm³/mol. The maximum Gasteiger partial charge on any atom is 0.0249 e. The van der Waals surface area contributed by atoms with Crippen LogP contribution in [0.15, 0.2) is 0 Å². The van der Waals surface area contributed by atoms with E-state index in [0.717, 1.165) is 18.1 Å². The van der Waals surface area contributed by atoms with Crippen LogP contribution in [0.25, 0.3) is 0 Å². The first-order chi connectivity index (χ1) is 7.33. The van der Waals surface area contributed by atoms with Crippen LogP contribution in [0.4, 0.5) is 0 Å². The lowest BCUT2D eigenvalue weighted by atomic mass is 9.91. The van der Waals surface area contributed by atoms with Gasteiger partial charge in [0.15, 0.2) is 0 Å². The molecule has 0 aromatic heterocycles. The second kappa shape index (κ2) is 5.31. The van der Waals surface area contributed by atoms with Gasteiger partial charge in [0.2, 0.25) is 0 Å². The molecule has 2 aliphatic carbocycles. The summed E-state index contributed by atoms with van der Waals surface area (Å²) < 4.78 is 0. The fourth-order valence-electron chi connectivity index (χ4n) is 3.04. The Hall–Kier alpha value is -0.0800. The summed E-state index contributed by atoms with van der Waals surface area (Å²) in [5.74, 6) is 0. The van der Waals surface area contributed by atoms with Crippen LogP contribution < -0.4 is 5.32 Å². The number of hydrogen-bond donors (Lipinski definition) is 1. The Kier molecular flexibility index (Phi) is 4.04. The molecule has 0 bridgehead atoms. The van der Waals surface area contributed by atoms with Gasteiger partial charge in [-0.1, -0.05) is 25.7 Å². The molecule has 0 spiro atoms. The molecule has 2 rings (SSSR count). The Morgan fingerprint density at radius 3 is 2.20 bits per heavy atom. The number of hydrogen-bond acceptors (Lipinski definition) is 2. The van der Waals surface area contributed by atoms with Gasteiger partial charge in [0.1, 0.15) is 0 Å². The van der Waals surface area contributed by atoms with Crippen LogP contribution in [0.5, 0.6) is 0 Å². The van der Waals surface area contributed by atoms with E-state index in [2.05, 4.69) is 24.3 Å². The summed E-state index contributed by atoms with van der Waals surface area (Å²) in [4.78, 5) is 2.66. The van der Waals surface area contributed by atoms with Crippen molar-refractivity contribution in [2.45, 2.75) is 69.5 Å². The molecule has 2 fully saturated rings. The summed E-state index contributed by atoms with van der Waals surface area (Å²) in [5, 5.41) is 3.54. The zero-order valence-electron chi connectivity index (χ0n) is 10.3.